The van der Waals surface area contributed by atoms with Gasteiger partial charge in [-0.2, -0.15) is 0 Å². The lowest BCUT2D eigenvalue weighted by atomic mass is 10.1. The van der Waals surface area contributed by atoms with E-state index in [0.29, 0.717) is 39.5 Å². The lowest BCUT2D eigenvalue weighted by Crippen LogP contribution is -2.12. The Morgan fingerprint density at radius 3 is 2.14 bits per heavy atom. The number of fused-ring (bicyclic) bond motifs is 1. The quantitative estimate of drug-likeness (QED) is 0.342. The summed E-state index contributed by atoms with van der Waals surface area (Å²) in [5.74, 6) is 1.29. The van der Waals surface area contributed by atoms with Crippen LogP contribution in [0.25, 0.3) is 17.0 Å². The van der Waals surface area contributed by atoms with Crippen molar-refractivity contribution in [3.05, 3.63) is 64.0 Å². The normalized spacial score (nSPS) is 10.9. The first-order valence-electron chi connectivity index (χ1n) is 8.65. The molecule has 7 nitrogen and oxygen atoms in total. The fraction of sp³-hybridized carbons (Fsp3) is 0.182. The average Bonchev–Trinajstić information content (AvgIpc) is 2.75. The molecule has 150 valence electrons. The van der Waals surface area contributed by atoms with Crippen LogP contribution in [0.2, 0.25) is 0 Å². The van der Waals surface area contributed by atoms with E-state index in [-0.39, 0.29) is 5.56 Å². The molecule has 0 aliphatic heterocycles. The zero-order valence-electron chi connectivity index (χ0n) is 16.5. The van der Waals surface area contributed by atoms with E-state index in [0.717, 1.165) is 0 Å². The van der Waals surface area contributed by atoms with Crippen molar-refractivity contribution in [1.82, 2.24) is 0 Å². The Kier molecular flexibility index (Phi) is 5.87. The van der Waals surface area contributed by atoms with Crippen LogP contribution in [0.1, 0.15) is 15.9 Å². The molecule has 3 aromatic rings. The van der Waals surface area contributed by atoms with Gasteiger partial charge in [0.1, 0.15) is 5.56 Å². The Morgan fingerprint density at radius 1 is 0.897 bits per heavy atom. The van der Waals surface area contributed by atoms with Crippen LogP contribution < -0.4 is 24.6 Å². The zero-order chi connectivity index (χ0) is 21.0. The van der Waals surface area contributed by atoms with Crippen molar-refractivity contribution >= 4 is 22.8 Å². The van der Waals surface area contributed by atoms with Crippen LogP contribution in [-0.2, 0) is 0 Å². The molecule has 0 aliphatic rings. The van der Waals surface area contributed by atoms with Crippen LogP contribution in [0.15, 0.2) is 51.7 Å². The molecule has 1 aromatic heterocycles. The van der Waals surface area contributed by atoms with Crippen LogP contribution in [0.3, 0.4) is 0 Å². The molecule has 0 saturated heterocycles. The fourth-order valence-corrected chi connectivity index (χ4v) is 2.91. The highest BCUT2D eigenvalue weighted by atomic mass is 16.5. The molecular weight excluding hydrogens is 376 g/mol. The predicted octanol–water partition coefficient (Wildman–Crippen LogP) is 3.72. The van der Waals surface area contributed by atoms with Crippen LogP contribution in [0.5, 0.6) is 23.0 Å². The molecule has 0 aliphatic carbocycles. The Hall–Kier alpha value is -3.74. The van der Waals surface area contributed by atoms with Crippen LogP contribution >= 0.6 is 0 Å². The summed E-state index contributed by atoms with van der Waals surface area (Å²) in [7, 11) is 6.00. The number of methoxy groups -OCH3 is 4. The predicted molar refractivity (Wildman–Crippen MR) is 108 cm³/mol. The SMILES string of the molecule is COc1cc(C=CC(=O)c2cc3cccc(OC)c3oc2=O)cc(OC)c1OC. The molecular formula is C22H20O7. The minimum atomic E-state index is -0.735. The smallest absolute Gasteiger partial charge is 0.347 e. The molecule has 0 bridgehead atoms. The summed E-state index contributed by atoms with van der Waals surface area (Å²) in [6.45, 7) is 0. The first-order chi connectivity index (χ1) is 14.0. The Balaban J connectivity index is 1.97. The monoisotopic (exact) mass is 396 g/mol. The molecule has 0 saturated carbocycles. The number of ether oxygens (including phenoxy) is 4. The van der Waals surface area contributed by atoms with Crippen LogP contribution in [0.4, 0.5) is 0 Å². The molecule has 2 aromatic carbocycles. The van der Waals surface area contributed by atoms with Crippen molar-refractivity contribution in [3.8, 4) is 23.0 Å². The van der Waals surface area contributed by atoms with Crippen LogP contribution in [0, 0.1) is 0 Å². The van der Waals surface area contributed by atoms with Gasteiger partial charge in [0.05, 0.1) is 28.4 Å². The molecule has 0 fully saturated rings. The highest BCUT2D eigenvalue weighted by molar-refractivity contribution is 6.08. The van der Waals surface area contributed by atoms with Gasteiger partial charge < -0.3 is 23.4 Å². The lowest BCUT2D eigenvalue weighted by molar-refractivity contribution is 0.104. The summed E-state index contributed by atoms with van der Waals surface area (Å²) in [4.78, 5) is 24.9. The second-order valence-electron chi connectivity index (χ2n) is 5.98. The van der Waals surface area contributed by atoms with Crippen molar-refractivity contribution in [1.29, 1.82) is 0 Å². The van der Waals surface area contributed by atoms with E-state index in [1.807, 2.05) is 0 Å². The summed E-state index contributed by atoms with van der Waals surface area (Å²) in [6, 6.07) is 10.0. The maximum absolute atomic E-state index is 12.6. The van der Waals surface area contributed by atoms with E-state index in [1.165, 1.54) is 40.6 Å². The third-order valence-electron chi connectivity index (χ3n) is 4.32. The van der Waals surface area contributed by atoms with Crippen molar-refractivity contribution in [2.24, 2.45) is 0 Å². The molecule has 0 amide bonds. The number of benzene rings is 2. The molecule has 1 heterocycles. The second-order valence-corrected chi connectivity index (χ2v) is 5.98. The second kappa shape index (κ2) is 8.52. The highest BCUT2D eigenvalue weighted by Crippen LogP contribution is 2.38. The maximum Gasteiger partial charge on any atom is 0.347 e. The first kappa shape index (κ1) is 20.0. The van der Waals surface area contributed by atoms with Gasteiger partial charge in [-0.1, -0.05) is 18.2 Å². The zero-order valence-corrected chi connectivity index (χ0v) is 16.5. The number of hydrogen-bond donors (Lipinski definition) is 0. The van der Waals surface area contributed by atoms with Crippen molar-refractivity contribution in [2.75, 3.05) is 28.4 Å². The summed E-state index contributed by atoms with van der Waals surface area (Å²) < 4.78 is 26.4. The topological polar surface area (TPSA) is 84.2 Å². The van der Waals surface area contributed by atoms with Gasteiger partial charge in [-0.15, -0.1) is 0 Å². The van der Waals surface area contributed by atoms with Crippen molar-refractivity contribution in [2.45, 2.75) is 0 Å². The number of carbonyl (C=O) groups is 1. The third-order valence-corrected chi connectivity index (χ3v) is 4.32. The van der Waals surface area contributed by atoms with E-state index in [4.69, 9.17) is 23.4 Å². The molecule has 0 radical (unpaired) electrons. The molecule has 3 rings (SSSR count). The van der Waals surface area contributed by atoms with Gasteiger partial charge in [-0.05, 0) is 35.9 Å². The maximum atomic E-state index is 12.6. The van der Waals surface area contributed by atoms with Gasteiger partial charge in [0.15, 0.2) is 28.6 Å². The fourth-order valence-electron chi connectivity index (χ4n) is 2.91. The highest BCUT2D eigenvalue weighted by Gasteiger charge is 2.15. The molecule has 7 heteroatoms. The minimum absolute atomic E-state index is 0.0746. The van der Waals surface area contributed by atoms with E-state index in [2.05, 4.69) is 0 Å². The van der Waals surface area contributed by atoms with E-state index in [9.17, 15) is 9.59 Å². The number of hydrogen-bond acceptors (Lipinski definition) is 7. The van der Waals surface area contributed by atoms with E-state index < -0.39 is 11.4 Å². The van der Waals surface area contributed by atoms with Crippen LogP contribution in [-0.4, -0.2) is 34.2 Å². The summed E-state index contributed by atoms with van der Waals surface area (Å²) in [6.07, 6.45) is 2.85. The lowest BCUT2D eigenvalue weighted by Gasteiger charge is -2.12. The Labute approximate surface area is 167 Å². The molecule has 0 spiro atoms. The number of allylic oxidation sites excluding steroid dienone is 1. The summed E-state index contributed by atoms with van der Waals surface area (Å²) >= 11 is 0. The van der Waals surface area contributed by atoms with Gasteiger partial charge in [0, 0.05) is 5.39 Å². The Morgan fingerprint density at radius 2 is 1.55 bits per heavy atom. The standard InChI is InChI=1S/C22H20O7/c1-25-17-7-5-6-14-12-15(22(24)29-20(14)17)16(23)9-8-13-10-18(26-2)21(28-4)19(11-13)27-3/h5-12H,1-4H3. The first-order valence-corrected chi connectivity index (χ1v) is 8.65. The number of carbonyl (C=O) groups excluding carboxylic acids is 1. The molecule has 29 heavy (non-hydrogen) atoms. The molecule has 0 atom stereocenters. The summed E-state index contributed by atoms with van der Waals surface area (Å²) in [5, 5.41) is 0.591. The van der Waals surface area contributed by atoms with Crippen molar-refractivity contribution < 1.29 is 28.2 Å². The van der Waals surface area contributed by atoms with Gasteiger partial charge in [0.2, 0.25) is 5.75 Å². The van der Waals surface area contributed by atoms with Crippen molar-refractivity contribution in [3.63, 3.8) is 0 Å². The molecule has 0 N–H and O–H groups in total. The van der Waals surface area contributed by atoms with Gasteiger partial charge >= 0.3 is 5.63 Å². The molecule has 0 unspecified atom stereocenters. The van der Waals surface area contributed by atoms with E-state index in [1.54, 1.807) is 36.4 Å². The third kappa shape index (κ3) is 3.94. The Bertz CT molecular complexity index is 1120. The minimum Gasteiger partial charge on any atom is -0.493 e. The average molecular weight is 396 g/mol. The number of para-hydroxylation sites is 1. The number of ketones is 1. The number of rotatable bonds is 7. The van der Waals surface area contributed by atoms with E-state index >= 15 is 0 Å². The largest absolute Gasteiger partial charge is 0.493 e. The summed E-state index contributed by atoms with van der Waals surface area (Å²) in [5.41, 5.74) is 0.126. The van der Waals surface area contributed by atoms with Gasteiger partial charge in [0.25, 0.3) is 0 Å². The van der Waals surface area contributed by atoms with Gasteiger partial charge in [-0.3, -0.25) is 4.79 Å². The van der Waals surface area contributed by atoms with Gasteiger partial charge in [-0.25, -0.2) is 4.79 Å².